The van der Waals surface area contributed by atoms with E-state index in [1.165, 1.54) is 18.2 Å². The van der Waals surface area contributed by atoms with Crippen molar-refractivity contribution in [1.82, 2.24) is 4.90 Å². The number of hydrogen-bond donors (Lipinski definition) is 0. The molecule has 0 unspecified atom stereocenters. The van der Waals surface area contributed by atoms with Crippen molar-refractivity contribution in [1.29, 1.82) is 0 Å². The molecular formula is C16H22N2O6. The second-order valence-corrected chi connectivity index (χ2v) is 6.03. The average molecular weight is 338 g/mol. The highest BCUT2D eigenvalue weighted by atomic mass is 16.6. The minimum Gasteiger partial charge on any atom is -0.465 e. The van der Waals surface area contributed by atoms with Crippen LogP contribution < -0.4 is 0 Å². The predicted molar refractivity (Wildman–Crippen MR) is 86.4 cm³/mol. The van der Waals surface area contributed by atoms with Crippen LogP contribution in [0.1, 0.15) is 33.3 Å². The van der Waals surface area contributed by atoms with E-state index in [1.807, 2.05) is 0 Å². The maximum absolute atomic E-state index is 12.3. The standard InChI is InChI=1S/C16H22N2O6/c1-5-23-14(19)11-17(15(20)24-16(2,3)4)10-12-8-6-7-9-13(12)18(21)22/h6-9H,5,10-11H2,1-4H3. The van der Waals surface area contributed by atoms with E-state index in [9.17, 15) is 19.7 Å². The zero-order valence-electron chi connectivity index (χ0n) is 14.3. The minimum atomic E-state index is -0.757. The van der Waals surface area contributed by atoms with Gasteiger partial charge in [-0.3, -0.25) is 19.8 Å². The van der Waals surface area contributed by atoms with Crippen molar-refractivity contribution >= 4 is 17.7 Å². The smallest absolute Gasteiger partial charge is 0.411 e. The first-order chi connectivity index (χ1) is 11.1. The van der Waals surface area contributed by atoms with Crippen LogP contribution in [0, 0.1) is 10.1 Å². The third-order valence-electron chi connectivity index (χ3n) is 2.83. The van der Waals surface area contributed by atoms with Crippen molar-refractivity contribution in [2.75, 3.05) is 13.2 Å². The zero-order chi connectivity index (χ0) is 18.3. The number of para-hydroxylation sites is 1. The quantitative estimate of drug-likeness (QED) is 0.449. The molecule has 0 fully saturated rings. The summed E-state index contributed by atoms with van der Waals surface area (Å²) in [4.78, 5) is 35.7. The molecule has 1 amide bonds. The van der Waals surface area contributed by atoms with E-state index in [4.69, 9.17) is 9.47 Å². The second kappa shape index (κ2) is 8.28. The summed E-state index contributed by atoms with van der Waals surface area (Å²) in [6.07, 6.45) is -0.742. The van der Waals surface area contributed by atoms with Crippen molar-refractivity contribution in [2.45, 2.75) is 39.8 Å². The number of nitro benzene ring substituents is 1. The van der Waals surface area contributed by atoms with Crippen LogP contribution in [0.4, 0.5) is 10.5 Å². The molecule has 8 heteroatoms. The molecule has 1 aromatic rings. The molecule has 0 heterocycles. The second-order valence-electron chi connectivity index (χ2n) is 6.03. The summed E-state index contributed by atoms with van der Waals surface area (Å²) >= 11 is 0. The summed E-state index contributed by atoms with van der Waals surface area (Å²) in [5.74, 6) is -0.609. The van der Waals surface area contributed by atoms with E-state index >= 15 is 0 Å². The average Bonchev–Trinajstić information content (AvgIpc) is 2.45. The summed E-state index contributed by atoms with van der Waals surface area (Å²) in [7, 11) is 0. The molecule has 0 N–H and O–H groups in total. The molecule has 0 aliphatic rings. The van der Waals surface area contributed by atoms with Gasteiger partial charge in [0, 0.05) is 11.6 Å². The molecule has 1 rings (SSSR count). The van der Waals surface area contributed by atoms with Gasteiger partial charge in [0.25, 0.3) is 5.69 Å². The third-order valence-corrected chi connectivity index (χ3v) is 2.83. The molecule has 0 saturated heterocycles. The number of nitrogens with zero attached hydrogens (tertiary/aromatic N) is 2. The molecule has 24 heavy (non-hydrogen) atoms. The Labute approximate surface area is 140 Å². The molecular weight excluding hydrogens is 316 g/mol. The number of esters is 1. The Kier molecular flexibility index (Phi) is 6.69. The molecule has 0 bridgehead atoms. The summed E-state index contributed by atoms with van der Waals surface area (Å²) < 4.78 is 10.1. The van der Waals surface area contributed by atoms with Crippen LogP contribution in [0.3, 0.4) is 0 Å². The largest absolute Gasteiger partial charge is 0.465 e. The number of carbonyl (C=O) groups is 2. The van der Waals surface area contributed by atoms with E-state index in [0.717, 1.165) is 4.90 Å². The number of carbonyl (C=O) groups excluding carboxylic acids is 2. The third kappa shape index (κ3) is 6.23. The van der Waals surface area contributed by atoms with Gasteiger partial charge in [0.2, 0.25) is 0 Å². The first kappa shape index (κ1) is 19.4. The normalized spacial score (nSPS) is 10.8. The van der Waals surface area contributed by atoms with E-state index in [2.05, 4.69) is 0 Å². The highest BCUT2D eigenvalue weighted by Gasteiger charge is 2.26. The molecule has 0 radical (unpaired) electrons. The van der Waals surface area contributed by atoms with Gasteiger partial charge in [-0.15, -0.1) is 0 Å². The monoisotopic (exact) mass is 338 g/mol. The summed E-state index contributed by atoms with van der Waals surface area (Å²) in [6, 6.07) is 6.03. The van der Waals surface area contributed by atoms with Crippen molar-refractivity contribution in [3.05, 3.63) is 39.9 Å². The molecule has 0 aliphatic carbocycles. The molecule has 1 aromatic carbocycles. The van der Waals surface area contributed by atoms with Gasteiger partial charge in [0.15, 0.2) is 0 Å². The van der Waals surface area contributed by atoms with Crippen molar-refractivity contribution < 1.29 is 24.0 Å². The Morgan fingerprint density at radius 1 is 1.25 bits per heavy atom. The molecule has 0 atom stereocenters. The number of rotatable bonds is 6. The van der Waals surface area contributed by atoms with Gasteiger partial charge >= 0.3 is 12.1 Å². The Morgan fingerprint density at radius 3 is 2.42 bits per heavy atom. The van der Waals surface area contributed by atoms with Crippen LogP contribution in [0.15, 0.2) is 24.3 Å². The summed E-state index contributed by atoms with van der Waals surface area (Å²) in [6.45, 7) is 6.42. The van der Waals surface area contributed by atoms with Crippen LogP contribution in [0.5, 0.6) is 0 Å². The van der Waals surface area contributed by atoms with E-state index in [-0.39, 0.29) is 25.4 Å². The van der Waals surface area contributed by atoms with Crippen LogP contribution in [-0.4, -0.2) is 40.6 Å². The summed E-state index contributed by atoms with van der Waals surface area (Å²) in [5.41, 5.74) is -0.584. The lowest BCUT2D eigenvalue weighted by atomic mass is 10.1. The Morgan fingerprint density at radius 2 is 1.88 bits per heavy atom. The highest BCUT2D eigenvalue weighted by molar-refractivity contribution is 5.78. The van der Waals surface area contributed by atoms with Crippen molar-refractivity contribution in [2.24, 2.45) is 0 Å². The number of nitro groups is 1. The lowest BCUT2D eigenvalue weighted by Gasteiger charge is -2.26. The fraction of sp³-hybridized carbons (Fsp3) is 0.500. The lowest BCUT2D eigenvalue weighted by molar-refractivity contribution is -0.385. The zero-order valence-corrected chi connectivity index (χ0v) is 14.3. The SMILES string of the molecule is CCOC(=O)CN(Cc1ccccc1[N+](=O)[O-])C(=O)OC(C)(C)C. The Bertz CT molecular complexity index is 609. The highest BCUT2D eigenvalue weighted by Crippen LogP contribution is 2.21. The Hall–Kier alpha value is -2.64. The van der Waals surface area contributed by atoms with E-state index in [1.54, 1.807) is 33.8 Å². The fourth-order valence-corrected chi connectivity index (χ4v) is 1.90. The first-order valence-electron chi connectivity index (χ1n) is 7.50. The van der Waals surface area contributed by atoms with Gasteiger partial charge in [-0.05, 0) is 27.7 Å². The van der Waals surface area contributed by atoms with Gasteiger partial charge in [-0.25, -0.2) is 4.79 Å². The summed E-state index contributed by atoms with van der Waals surface area (Å²) in [5, 5.41) is 11.1. The van der Waals surface area contributed by atoms with Gasteiger partial charge in [-0.2, -0.15) is 0 Å². The minimum absolute atomic E-state index is 0.130. The molecule has 8 nitrogen and oxygen atoms in total. The lowest BCUT2D eigenvalue weighted by Crippen LogP contribution is -2.40. The maximum Gasteiger partial charge on any atom is 0.411 e. The van der Waals surface area contributed by atoms with Gasteiger partial charge in [-0.1, -0.05) is 18.2 Å². The topological polar surface area (TPSA) is 99.0 Å². The predicted octanol–water partition coefficient (Wildman–Crippen LogP) is 2.90. The fourth-order valence-electron chi connectivity index (χ4n) is 1.90. The van der Waals surface area contributed by atoms with E-state index in [0.29, 0.717) is 5.56 Å². The molecule has 0 aliphatic heterocycles. The van der Waals surface area contributed by atoms with Crippen LogP contribution in [0.25, 0.3) is 0 Å². The van der Waals surface area contributed by atoms with Gasteiger partial charge in [0.05, 0.1) is 18.1 Å². The molecule has 132 valence electrons. The number of amides is 1. The Balaban J connectivity index is 3.03. The number of benzene rings is 1. The number of hydrogen-bond acceptors (Lipinski definition) is 6. The van der Waals surface area contributed by atoms with Crippen LogP contribution in [-0.2, 0) is 20.8 Å². The molecule has 0 saturated carbocycles. The maximum atomic E-state index is 12.3. The van der Waals surface area contributed by atoms with E-state index < -0.39 is 22.6 Å². The molecule has 0 spiro atoms. The van der Waals surface area contributed by atoms with Crippen molar-refractivity contribution in [3.8, 4) is 0 Å². The van der Waals surface area contributed by atoms with Gasteiger partial charge < -0.3 is 9.47 Å². The van der Waals surface area contributed by atoms with Crippen LogP contribution >= 0.6 is 0 Å². The van der Waals surface area contributed by atoms with Gasteiger partial charge in [0.1, 0.15) is 12.1 Å². The van der Waals surface area contributed by atoms with Crippen molar-refractivity contribution in [3.63, 3.8) is 0 Å². The van der Waals surface area contributed by atoms with Crippen LogP contribution in [0.2, 0.25) is 0 Å². The first-order valence-corrected chi connectivity index (χ1v) is 7.50. The molecule has 0 aromatic heterocycles. The number of ether oxygens (including phenoxy) is 2.